The lowest BCUT2D eigenvalue weighted by molar-refractivity contribution is -0.143. The highest BCUT2D eigenvalue weighted by Crippen LogP contribution is 2.28. The van der Waals surface area contributed by atoms with E-state index in [1.165, 1.54) is 0 Å². The maximum atomic E-state index is 12.5. The highest BCUT2D eigenvalue weighted by Gasteiger charge is 2.26. The van der Waals surface area contributed by atoms with Gasteiger partial charge in [-0.1, -0.05) is 12.1 Å². The fourth-order valence-electron chi connectivity index (χ4n) is 4.35. The molecule has 0 aromatic heterocycles. The molecule has 36 heavy (non-hydrogen) atoms. The smallest absolute Gasteiger partial charge is 0.306 e. The van der Waals surface area contributed by atoms with Crippen LogP contribution in [0.5, 0.6) is 11.5 Å². The van der Waals surface area contributed by atoms with E-state index in [1.54, 1.807) is 37.4 Å². The number of carboxylic acids is 1. The fourth-order valence-corrected chi connectivity index (χ4v) is 4.35. The van der Waals surface area contributed by atoms with Crippen molar-refractivity contribution in [2.24, 2.45) is 5.92 Å². The molecule has 0 unspecified atom stereocenters. The van der Waals surface area contributed by atoms with Gasteiger partial charge in [-0.2, -0.15) is 0 Å². The van der Waals surface area contributed by atoms with Crippen LogP contribution in [0.3, 0.4) is 0 Å². The number of carbonyl (C=O) groups is 3. The second-order valence-electron chi connectivity index (χ2n) is 8.89. The predicted molar refractivity (Wildman–Crippen MR) is 136 cm³/mol. The summed E-state index contributed by atoms with van der Waals surface area (Å²) < 4.78 is 11.2. The number of amides is 2. The second-order valence-corrected chi connectivity index (χ2v) is 8.89. The number of rotatable bonds is 9. The molecule has 2 amide bonds. The van der Waals surface area contributed by atoms with Gasteiger partial charge in [-0.25, -0.2) is 0 Å². The predicted octanol–water partition coefficient (Wildman–Crippen LogP) is 4.03. The third kappa shape index (κ3) is 6.33. The fraction of sp³-hybridized carbons (Fsp3) is 0.321. The van der Waals surface area contributed by atoms with Crippen LogP contribution in [0.15, 0.2) is 60.7 Å². The first-order chi connectivity index (χ1) is 17.4. The Hall–Kier alpha value is -4.07. The van der Waals surface area contributed by atoms with Crippen molar-refractivity contribution in [1.82, 2.24) is 10.6 Å². The Labute approximate surface area is 209 Å². The highest BCUT2D eigenvalue weighted by atomic mass is 16.5. The van der Waals surface area contributed by atoms with E-state index >= 15 is 0 Å². The van der Waals surface area contributed by atoms with Crippen molar-refractivity contribution in [3.8, 4) is 11.5 Å². The van der Waals surface area contributed by atoms with Crippen LogP contribution in [0.2, 0.25) is 0 Å². The molecular formula is C28H30N2O6. The van der Waals surface area contributed by atoms with Gasteiger partial charge in [-0.05, 0) is 85.0 Å². The molecule has 0 aliphatic heterocycles. The van der Waals surface area contributed by atoms with Crippen molar-refractivity contribution in [3.63, 3.8) is 0 Å². The van der Waals surface area contributed by atoms with E-state index in [0.717, 1.165) is 16.5 Å². The molecule has 1 aliphatic rings. The SMILES string of the molecule is COc1ccc2cc(C(=O)NCCNC(=O)c3ccc(O[C@H]4CC[C@@H](C(=O)O)CC4)cc3)ccc2c1. The van der Waals surface area contributed by atoms with Crippen LogP contribution in [0.25, 0.3) is 10.8 Å². The molecule has 3 N–H and O–H groups in total. The molecule has 1 aliphatic carbocycles. The van der Waals surface area contributed by atoms with Gasteiger partial charge in [0.25, 0.3) is 11.8 Å². The molecule has 3 aromatic rings. The molecule has 0 bridgehead atoms. The number of ether oxygens (including phenoxy) is 2. The first-order valence-electron chi connectivity index (χ1n) is 12.1. The molecule has 0 saturated heterocycles. The molecule has 0 spiro atoms. The molecule has 1 saturated carbocycles. The molecule has 4 rings (SSSR count). The molecule has 0 atom stereocenters. The maximum absolute atomic E-state index is 12.5. The van der Waals surface area contributed by atoms with E-state index in [4.69, 9.17) is 14.6 Å². The van der Waals surface area contributed by atoms with E-state index in [-0.39, 0.29) is 23.8 Å². The summed E-state index contributed by atoms with van der Waals surface area (Å²) >= 11 is 0. The summed E-state index contributed by atoms with van der Waals surface area (Å²) in [6, 6.07) is 18.0. The zero-order chi connectivity index (χ0) is 25.5. The standard InChI is InChI=1S/C28H30N2O6/c1-35-25-13-8-20-16-22(3-2-21(20)17-25)27(32)30-15-14-29-26(31)18-4-9-23(10-5-18)36-24-11-6-19(7-12-24)28(33)34/h2-5,8-10,13,16-17,19,24H,6-7,11-12,14-15H2,1H3,(H,29,31)(H,30,32)(H,33,34)/t19-,24+. The Kier molecular flexibility index (Phi) is 8.05. The summed E-state index contributed by atoms with van der Waals surface area (Å²) in [6.07, 6.45) is 2.65. The Morgan fingerprint density at radius 3 is 1.97 bits per heavy atom. The summed E-state index contributed by atoms with van der Waals surface area (Å²) in [5, 5.41) is 16.7. The summed E-state index contributed by atoms with van der Waals surface area (Å²) in [7, 11) is 1.61. The van der Waals surface area contributed by atoms with Crippen LogP contribution in [0, 0.1) is 5.92 Å². The normalized spacial score (nSPS) is 17.2. The first kappa shape index (κ1) is 25.0. The van der Waals surface area contributed by atoms with E-state index in [9.17, 15) is 14.4 Å². The van der Waals surface area contributed by atoms with Gasteiger partial charge in [-0.15, -0.1) is 0 Å². The van der Waals surface area contributed by atoms with Gasteiger partial charge in [0.05, 0.1) is 19.1 Å². The largest absolute Gasteiger partial charge is 0.497 e. The van der Waals surface area contributed by atoms with Crippen LogP contribution < -0.4 is 20.1 Å². The Bertz CT molecular complexity index is 1230. The summed E-state index contributed by atoms with van der Waals surface area (Å²) in [4.78, 5) is 36.0. The van der Waals surface area contributed by atoms with Crippen LogP contribution in [0.4, 0.5) is 0 Å². The molecular weight excluding hydrogens is 460 g/mol. The second kappa shape index (κ2) is 11.6. The number of benzene rings is 3. The minimum atomic E-state index is -0.738. The first-order valence-corrected chi connectivity index (χ1v) is 12.1. The van der Waals surface area contributed by atoms with Crippen molar-refractivity contribution in [2.75, 3.05) is 20.2 Å². The van der Waals surface area contributed by atoms with E-state index in [0.29, 0.717) is 55.6 Å². The van der Waals surface area contributed by atoms with E-state index in [2.05, 4.69) is 10.6 Å². The summed E-state index contributed by atoms with van der Waals surface area (Å²) in [6.45, 7) is 0.589. The van der Waals surface area contributed by atoms with Crippen molar-refractivity contribution >= 4 is 28.6 Å². The molecule has 8 heteroatoms. The van der Waals surface area contributed by atoms with E-state index in [1.807, 2.05) is 30.3 Å². The summed E-state index contributed by atoms with van der Waals surface area (Å²) in [5.41, 5.74) is 1.04. The van der Waals surface area contributed by atoms with Crippen LogP contribution >= 0.6 is 0 Å². The van der Waals surface area contributed by atoms with Gasteiger partial charge in [0.15, 0.2) is 0 Å². The number of nitrogens with one attached hydrogen (secondary N) is 2. The maximum Gasteiger partial charge on any atom is 0.306 e. The molecule has 0 heterocycles. The third-order valence-corrected chi connectivity index (χ3v) is 6.45. The Morgan fingerprint density at radius 2 is 1.33 bits per heavy atom. The van der Waals surface area contributed by atoms with Gasteiger partial charge >= 0.3 is 5.97 Å². The number of carbonyl (C=O) groups excluding carboxylic acids is 2. The number of hydrogen-bond donors (Lipinski definition) is 3. The highest BCUT2D eigenvalue weighted by molar-refractivity contribution is 5.99. The lowest BCUT2D eigenvalue weighted by Crippen LogP contribution is -2.34. The molecule has 3 aromatic carbocycles. The average molecular weight is 491 g/mol. The number of fused-ring (bicyclic) bond motifs is 1. The van der Waals surface area contributed by atoms with Gasteiger partial charge in [0.1, 0.15) is 11.5 Å². The molecule has 8 nitrogen and oxygen atoms in total. The molecule has 0 radical (unpaired) electrons. The quantitative estimate of drug-likeness (QED) is 0.390. The number of methoxy groups -OCH3 is 1. The zero-order valence-corrected chi connectivity index (χ0v) is 20.2. The van der Waals surface area contributed by atoms with Gasteiger partial charge < -0.3 is 25.2 Å². The average Bonchev–Trinajstić information content (AvgIpc) is 2.91. The van der Waals surface area contributed by atoms with Crippen molar-refractivity contribution < 1.29 is 29.0 Å². The zero-order valence-electron chi connectivity index (χ0n) is 20.2. The van der Waals surface area contributed by atoms with Crippen molar-refractivity contribution in [2.45, 2.75) is 31.8 Å². The van der Waals surface area contributed by atoms with Crippen molar-refractivity contribution in [1.29, 1.82) is 0 Å². The van der Waals surface area contributed by atoms with E-state index < -0.39 is 5.97 Å². The Morgan fingerprint density at radius 1 is 0.778 bits per heavy atom. The van der Waals surface area contributed by atoms with Crippen molar-refractivity contribution in [3.05, 3.63) is 71.8 Å². The Balaban J connectivity index is 1.20. The minimum absolute atomic E-state index is 0.00526. The van der Waals surface area contributed by atoms with Crippen LogP contribution in [-0.2, 0) is 4.79 Å². The topological polar surface area (TPSA) is 114 Å². The van der Waals surface area contributed by atoms with Crippen LogP contribution in [-0.4, -0.2) is 49.2 Å². The minimum Gasteiger partial charge on any atom is -0.497 e. The van der Waals surface area contributed by atoms with Gasteiger partial charge in [-0.3, -0.25) is 14.4 Å². The van der Waals surface area contributed by atoms with Gasteiger partial charge in [0, 0.05) is 24.2 Å². The molecule has 1 fully saturated rings. The lowest BCUT2D eigenvalue weighted by atomic mass is 9.87. The number of hydrogen-bond acceptors (Lipinski definition) is 5. The van der Waals surface area contributed by atoms with Crippen LogP contribution in [0.1, 0.15) is 46.4 Å². The summed E-state index contributed by atoms with van der Waals surface area (Å²) in [5.74, 6) is -0.0430. The van der Waals surface area contributed by atoms with Gasteiger partial charge in [0.2, 0.25) is 0 Å². The number of aliphatic carboxylic acids is 1. The number of carboxylic acid groups (broad SMARTS) is 1. The third-order valence-electron chi connectivity index (χ3n) is 6.45. The monoisotopic (exact) mass is 490 g/mol. The molecule has 188 valence electrons. The lowest BCUT2D eigenvalue weighted by Gasteiger charge is -2.26.